The SMILES string of the molecule is COC(=O)CC1(CSc2ccc(C=O)s2)CC1. The highest BCUT2D eigenvalue weighted by molar-refractivity contribution is 8.01. The minimum absolute atomic E-state index is 0.122. The summed E-state index contributed by atoms with van der Waals surface area (Å²) >= 11 is 3.24. The summed E-state index contributed by atoms with van der Waals surface area (Å²) in [6.07, 6.45) is 3.58. The van der Waals surface area contributed by atoms with E-state index < -0.39 is 0 Å². The number of thioether (sulfide) groups is 1. The molecule has 0 saturated heterocycles. The number of hydrogen-bond acceptors (Lipinski definition) is 5. The molecule has 0 N–H and O–H groups in total. The Morgan fingerprint density at radius 2 is 2.35 bits per heavy atom. The van der Waals surface area contributed by atoms with Crippen molar-refractivity contribution in [2.45, 2.75) is 23.5 Å². The zero-order valence-electron chi connectivity index (χ0n) is 9.60. The molecule has 0 aromatic carbocycles. The topological polar surface area (TPSA) is 43.4 Å². The van der Waals surface area contributed by atoms with Gasteiger partial charge in [-0.3, -0.25) is 9.59 Å². The Morgan fingerprint density at radius 1 is 1.59 bits per heavy atom. The van der Waals surface area contributed by atoms with Crippen LogP contribution in [0.5, 0.6) is 0 Å². The van der Waals surface area contributed by atoms with Gasteiger partial charge in [-0.05, 0) is 30.4 Å². The molecule has 1 aromatic rings. The van der Waals surface area contributed by atoms with Crippen LogP contribution in [0.25, 0.3) is 0 Å². The summed E-state index contributed by atoms with van der Waals surface area (Å²) in [7, 11) is 1.43. The Morgan fingerprint density at radius 3 is 2.88 bits per heavy atom. The van der Waals surface area contributed by atoms with Crippen LogP contribution in [0.1, 0.15) is 28.9 Å². The lowest BCUT2D eigenvalue weighted by atomic mass is 10.1. The first-order valence-electron chi connectivity index (χ1n) is 5.42. The number of methoxy groups -OCH3 is 1. The van der Waals surface area contributed by atoms with E-state index in [0.29, 0.717) is 6.42 Å². The van der Waals surface area contributed by atoms with Gasteiger partial charge in [-0.25, -0.2) is 0 Å². The third-order valence-electron chi connectivity index (χ3n) is 2.94. The fourth-order valence-corrected chi connectivity index (χ4v) is 3.88. The summed E-state index contributed by atoms with van der Waals surface area (Å²) in [5.41, 5.74) is 0.142. The molecule has 0 atom stereocenters. The molecule has 2 rings (SSSR count). The van der Waals surface area contributed by atoms with Crippen LogP contribution in [-0.4, -0.2) is 25.1 Å². The molecule has 1 aliphatic carbocycles. The van der Waals surface area contributed by atoms with E-state index in [2.05, 4.69) is 0 Å². The van der Waals surface area contributed by atoms with Crippen LogP contribution in [-0.2, 0) is 9.53 Å². The standard InChI is InChI=1S/C12H14O3S2/c1-15-10(14)6-12(4-5-12)8-16-11-3-2-9(7-13)17-11/h2-3,7H,4-6,8H2,1H3. The lowest BCUT2D eigenvalue weighted by Gasteiger charge is -2.11. The number of carbonyl (C=O) groups is 2. The molecule has 1 saturated carbocycles. The maximum absolute atomic E-state index is 11.3. The molecular weight excluding hydrogens is 256 g/mol. The van der Waals surface area contributed by atoms with Crippen molar-refractivity contribution in [3.8, 4) is 0 Å². The summed E-state index contributed by atoms with van der Waals surface area (Å²) < 4.78 is 5.85. The summed E-state index contributed by atoms with van der Waals surface area (Å²) in [6, 6.07) is 3.80. The van der Waals surface area contributed by atoms with Crippen molar-refractivity contribution in [3.63, 3.8) is 0 Å². The zero-order valence-corrected chi connectivity index (χ0v) is 11.2. The summed E-state index contributed by atoms with van der Waals surface area (Å²) in [5, 5.41) is 0. The predicted molar refractivity (Wildman–Crippen MR) is 68.7 cm³/mol. The summed E-state index contributed by atoms with van der Waals surface area (Å²) in [4.78, 5) is 22.6. The van der Waals surface area contributed by atoms with Crippen LogP contribution in [0.2, 0.25) is 0 Å². The maximum atomic E-state index is 11.3. The Labute approximate surface area is 109 Å². The van der Waals surface area contributed by atoms with E-state index in [1.165, 1.54) is 18.4 Å². The van der Waals surface area contributed by atoms with Crippen LogP contribution < -0.4 is 0 Å². The minimum Gasteiger partial charge on any atom is -0.469 e. The van der Waals surface area contributed by atoms with Crippen LogP contribution in [0.15, 0.2) is 16.3 Å². The first-order valence-corrected chi connectivity index (χ1v) is 7.22. The van der Waals surface area contributed by atoms with Crippen LogP contribution in [0, 0.1) is 5.41 Å². The number of carbonyl (C=O) groups excluding carboxylic acids is 2. The Bertz CT molecular complexity index is 421. The number of aldehydes is 1. The van der Waals surface area contributed by atoms with Gasteiger partial charge < -0.3 is 4.74 Å². The second-order valence-electron chi connectivity index (χ2n) is 4.32. The minimum atomic E-state index is -0.122. The molecule has 0 spiro atoms. The lowest BCUT2D eigenvalue weighted by molar-refractivity contribution is -0.141. The average molecular weight is 270 g/mol. The van der Waals surface area contributed by atoms with Gasteiger partial charge in [0, 0.05) is 5.75 Å². The smallest absolute Gasteiger partial charge is 0.306 e. The number of esters is 1. The number of ether oxygens (including phenoxy) is 1. The molecule has 17 heavy (non-hydrogen) atoms. The molecular formula is C12H14O3S2. The first-order chi connectivity index (χ1) is 8.17. The van der Waals surface area contributed by atoms with Gasteiger partial charge in [0.1, 0.15) is 0 Å². The van der Waals surface area contributed by atoms with E-state index in [4.69, 9.17) is 4.74 Å². The Kier molecular flexibility index (Phi) is 3.89. The van der Waals surface area contributed by atoms with Crippen molar-refractivity contribution in [2.75, 3.05) is 12.9 Å². The van der Waals surface area contributed by atoms with Crippen molar-refractivity contribution in [1.82, 2.24) is 0 Å². The second kappa shape index (κ2) is 5.23. The van der Waals surface area contributed by atoms with Gasteiger partial charge in [-0.2, -0.15) is 0 Å². The molecule has 5 heteroatoms. The Balaban J connectivity index is 1.85. The van der Waals surface area contributed by atoms with Crippen molar-refractivity contribution < 1.29 is 14.3 Å². The van der Waals surface area contributed by atoms with E-state index in [9.17, 15) is 9.59 Å². The molecule has 0 unspecified atom stereocenters. The molecule has 0 bridgehead atoms. The van der Waals surface area contributed by atoms with E-state index in [1.54, 1.807) is 11.8 Å². The van der Waals surface area contributed by atoms with Crippen LogP contribution >= 0.6 is 23.1 Å². The second-order valence-corrected chi connectivity index (χ2v) is 6.71. The van der Waals surface area contributed by atoms with Crippen LogP contribution in [0.4, 0.5) is 0 Å². The van der Waals surface area contributed by atoms with Gasteiger partial charge >= 0.3 is 5.97 Å². The molecule has 0 radical (unpaired) electrons. The zero-order chi connectivity index (χ0) is 12.3. The quantitative estimate of drug-likeness (QED) is 0.453. The third-order valence-corrected chi connectivity index (χ3v) is 5.53. The molecule has 0 aliphatic heterocycles. The fourth-order valence-electron chi connectivity index (χ4n) is 1.63. The van der Waals surface area contributed by atoms with Gasteiger partial charge in [-0.15, -0.1) is 23.1 Å². The van der Waals surface area contributed by atoms with Crippen molar-refractivity contribution in [3.05, 3.63) is 17.0 Å². The van der Waals surface area contributed by atoms with Gasteiger partial charge in [0.2, 0.25) is 0 Å². The van der Waals surface area contributed by atoms with E-state index in [1.807, 2.05) is 12.1 Å². The number of hydrogen-bond donors (Lipinski definition) is 0. The molecule has 92 valence electrons. The molecule has 1 fully saturated rings. The summed E-state index contributed by atoms with van der Waals surface area (Å²) in [5.74, 6) is 0.809. The largest absolute Gasteiger partial charge is 0.469 e. The van der Waals surface area contributed by atoms with Crippen LogP contribution in [0.3, 0.4) is 0 Å². The van der Waals surface area contributed by atoms with Crippen molar-refractivity contribution in [2.24, 2.45) is 5.41 Å². The van der Waals surface area contributed by atoms with Crippen molar-refractivity contribution >= 4 is 35.4 Å². The first kappa shape index (κ1) is 12.6. The normalized spacial score (nSPS) is 16.5. The third kappa shape index (κ3) is 3.33. The average Bonchev–Trinajstić information content (AvgIpc) is 2.94. The fraction of sp³-hybridized carbons (Fsp3) is 0.500. The maximum Gasteiger partial charge on any atom is 0.306 e. The molecule has 1 heterocycles. The van der Waals surface area contributed by atoms with Crippen molar-refractivity contribution in [1.29, 1.82) is 0 Å². The number of rotatable bonds is 6. The van der Waals surface area contributed by atoms with Gasteiger partial charge in [-0.1, -0.05) is 0 Å². The van der Waals surface area contributed by atoms with Gasteiger partial charge in [0.15, 0.2) is 6.29 Å². The van der Waals surface area contributed by atoms with E-state index >= 15 is 0 Å². The molecule has 1 aromatic heterocycles. The molecule has 1 aliphatic rings. The highest BCUT2D eigenvalue weighted by Gasteiger charge is 2.44. The van der Waals surface area contributed by atoms with Gasteiger partial charge in [0.05, 0.1) is 22.6 Å². The molecule has 0 amide bonds. The lowest BCUT2D eigenvalue weighted by Crippen LogP contribution is -2.12. The highest BCUT2D eigenvalue weighted by Crippen LogP contribution is 2.52. The summed E-state index contributed by atoms with van der Waals surface area (Å²) in [6.45, 7) is 0. The monoisotopic (exact) mass is 270 g/mol. The highest BCUT2D eigenvalue weighted by atomic mass is 32.2. The number of thiophene rings is 1. The predicted octanol–water partition coefficient (Wildman–Crippen LogP) is 3.00. The molecule has 3 nitrogen and oxygen atoms in total. The van der Waals surface area contributed by atoms with Gasteiger partial charge in [0.25, 0.3) is 0 Å². The van der Waals surface area contributed by atoms with E-state index in [-0.39, 0.29) is 11.4 Å². The van der Waals surface area contributed by atoms with E-state index in [0.717, 1.165) is 34.0 Å². The Hall–Kier alpha value is -0.810.